The van der Waals surface area contributed by atoms with Crippen molar-refractivity contribution in [3.8, 4) is 0 Å². The summed E-state index contributed by atoms with van der Waals surface area (Å²) in [5.74, 6) is 0. The van der Waals surface area contributed by atoms with Gasteiger partial charge in [-0.15, -0.1) is 0 Å². The fourth-order valence-electron chi connectivity index (χ4n) is 3.07. The Morgan fingerprint density at radius 3 is 1.67 bits per heavy atom. The van der Waals surface area contributed by atoms with Gasteiger partial charge in [-0.1, -0.05) is 40.0 Å². The van der Waals surface area contributed by atoms with E-state index in [1.807, 2.05) is 0 Å². The van der Waals surface area contributed by atoms with Gasteiger partial charge in [0.15, 0.2) is 10.3 Å². The molecule has 2 aliphatic rings. The Kier molecular flexibility index (Phi) is 3.47. The molecule has 0 radical (unpaired) electrons. The second-order valence-corrected chi connectivity index (χ2v) is 8.74. The number of rotatable bonds is 2. The van der Waals surface area contributed by atoms with Crippen LogP contribution in [0.25, 0.3) is 0 Å². The van der Waals surface area contributed by atoms with E-state index in [1.165, 1.54) is 11.1 Å². The highest BCUT2D eigenvalue weighted by Gasteiger charge is 2.54. The molecule has 1 nitrogen and oxygen atoms in total. The standard InChI is InChI=1S/C16H22OP/c1-13-7-5-9-15(3,11-13)18(17)16(4)10-6-8-14(2)12-16/h5-10H,11-12H2,1-4H3/q+1. The van der Waals surface area contributed by atoms with Gasteiger partial charge in [-0.3, -0.25) is 0 Å². The minimum Gasteiger partial charge on any atom is -0.0728 e. The lowest BCUT2D eigenvalue weighted by molar-refractivity contribution is 0.537. The third-order valence-corrected chi connectivity index (χ3v) is 6.34. The van der Waals surface area contributed by atoms with E-state index in [1.54, 1.807) is 0 Å². The summed E-state index contributed by atoms with van der Waals surface area (Å²) >= 11 is 0. The monoisotopic (exact) mass is 261 g/mol. The summed E-state index contributed by atoms with van der Waals surface area (Å²) in [4.78, 5) is 0. The van der Waals surface area contributed by atoms with Gasteiger partial charge in [0.1, 0.15) is 0 Å². The zero-order valence-corrected chi connectivity index (χ0v) is 12.6. The van der Waals surface area contributed by atoms with Crippen LogP contribution in [0.4, 0.5) is 0 Å². The van der Waals surface area contributed by atoms with Crippen molar-refractivity contribution in [1.29, 1.82) is 0 Å². The summed E-state index contributed by atoms with van der Waals surface area (Å²) in [6, 6.07) is 0. The lowest BCUT2D eigenvalue weighted by Gasteiger charge is -2.27. The van der Waals surface area contributed by atoms with Crippen molar-refractivity contribution in [1.82, 2.24) is 0 Å². The van der Waals surface area contributed by atoms with E-state index in [2.05, 4.69) is 64.2 Å². The highest BCUT2D eigenvalue weighted by molar-refractivity contribution is 7.49. The van der Waals surface area contributed by atoms with Crippen LogP contribution < -0.4 is 0 Å². The zero-order valence-electron chi connectivity index (χ0n) is 11.7. The minimum atomic E-state index is -1.34. The Balaban J connectivity index is 2.28. The SMILES string of the molecule is CC1=CC=CC(C)([P+](=O)C2(C)C=CC=C(C)C2)C1. The van der Waals surface area contributed by atoms with Gasteiger partial charge in [-0.2, -0.15) is 0 Å². The van der Waals surface area contributed by atoms with Crippen LogP contribution in [0.15, 0.2) is 47.6 Å². The molecule has 0 aliphatic heterocycles. The molecule has 0 fully saturated rings. The van der Waals surface area contributed by atoms with Gasteiger partial charge in [-0.05, 0) is 39.8 Å². The molecule has 0 N–H and O–H groups in total. The highest BCUT2D eigenvalue weighted by atomic mass is 31.1. The average Bonchev–Trinajstić information content (AvgIpc) is 2.27. The van der Waals surface area contributed by atoms with Crippen molar-refractivity contribution in [3.63, 3.8) is 0 Å². The van der Waals surface area contributed by atoms with Crippen LogP contribution in [-0.2, 0) is 4.57 Å². The Morgan fingerprint density at radius 2 is 1.33 bits per heavy atom. The molecule has 18 heavy (non-hydrogen) atoms. The fraction of sp³-hybridized carbons (Fsp3) is 0.500. The third-order valence-electron chi connectivity index (χ3n) is 3.87. The first-order chi connectivity index (χ1) is 8.36. The van der Waals surface area contributed by atoms with Crippen molar-refractivity contribution < 1.29 is 4.57 Å². The van der Waals surface area contributed by atoms with E-state index in [-0.39, 0.29) is 10.3 Å². The second kappa shape index (κ2) is 4.63. The van der Waals surface area contributed by atoms with Crippen LogP contribution >= 0.6 is 7.80 Å². The van der Waals surface area contributed by atoms with E-state index in [4.69, 9.17) is 0 Å². The van der Waals surface area contributed by atoms with Crippen LogP contribution in [0.3, 0.4) is 0 Å². The Morgan fingerprint density at radius 1 is 0.944 bits per heavy atom. The normalized spacial score (nSPS) is 36.1. The summed E-state index contributed by atoms with van der Waals surface area (Å²) in [6.45, 7) is 8.50. The molecule has 0 amide bonds. The predicted molar refractivity (Wildman–Crippen MR) is 79.4 cm³/mol. The van der Waals surface area contributed by atoms with E-state index in [0.29, 0.717) is 0 Å². The largest absolute Gasteiger partial charge is 0.359 e. The third kappa shape index (κ3) is 2.42. The maximum Gasteiger partial charge on any atom is 0.359 e. The highest BCUT2D eigenvalue weighted by Crippen LogP contribution is 2.57. The molecule has 0 aromatic rings. The van der Waals surface area contributed by atoms with Crippen molar-refractivity contribution in [2.75, 3.05) is 0 Å². The van der Waals surface area contributed by atoms with E-state index in [9.17, 15) is 4.57 Å². The number of hydrogen-bond acceptors (Lipinski definition) is 1. The molecule has 2 unspecified atom stereocenters. The molecule has 0 aromatic carbocycles. The van der Waals surface area contributed by atoms with E-state index in [0.717, 1.165) is 12.8 Å². The van der Waals surface area contributed by atoms with E-state index < -0.39 is 7.80 Å². The molecule has 0 bridgehead atoms. The van der Waals surface area contributed by atoms with Gasteiger partial charge >= 0.3 is 7.80 Å². The molecular weight excluding hydrogens is 239 g/mol. The van der Waals surface area contributed by atoms with Gasteiger partial charge in [0.2, 0.25) is 0 Å². The fourth-order valence-corrected chi connectivity index (χ4v) is 5.46. The molecule has 2 heteroatoms. The summed E-state index contributed by atoms with van der Waals surface area (Å²) < 4.78 is 13.1. The predicted octanol–water partition coefficient (Wildman–Crippen LogP) is 5.14. The van der Waals surface area contributed by atoms with Gasteiger partial charge in [-0.25, -0.2) is 0 Å². The molecule has 0 saturated heterocycles. The lowest BCUT2D eigenvalue weighted by Crippen LogP contribution is -2.30. The van der Waals surface area contributed by atoms with Crippen LogP contribution in [-0.4, -0.2) is 10.3 Å². The molecule has 0 saturated carbocycles. The summed E-state index contributed by atoms with van der Waals surface area (Å²) in [6.07, 6.45) is 14.4. The summed E-state index contributed by atoms with van der Waals surface area (Å²) in [5.41, 5.74) is 2.64. The quantitative estimate of drug-likeness (QED) is 0.629. The van der Waals surface area contributed by atoms with Gasteiger partial charge in [0.25, 0.3) is 0 Å². The number of hydrogen-bond donors (Lipinski definition) is 0. The Labute approximate surface area is 111 Å². The van der Waals surface area contributed by atoms with Gasteiger partial charge < -0.3 is 0 Å². The summed E-state index contributed by atoms with van der Waals surface area (Å²) in [5, 5.41) is -0.407. The van der Waals surface area contributed by atoms with Crippen molar-refractivity contribution in [3.05, 3.63) is 47.6 Å². The van der Waals surface area contributed by atoms with Crippen LogP contribution in [0.2, 0.25) is 0 Å². The molecular formula is C16H22OP+. The molecule has 0 heterocycles. The maximum absolute atomic E-state index is 13.1. The first-order valence-corrected chi connectivity index (χ1v) is 7.79. The first kappa shape index (κ1) is 13.5. The van der Waals surface area contributed by atoms with Crippen molar-refractivity contribution in [2.24, 2.45) is 0 Å². The zero-order chi connectivity index (χ0) is 13.4. The van der Waals surface area contributed by atoms with Crippen LogP contribution in [0, 0.1) is 0 Å². The van der Waals surface area contributed by atoms with Gasteiger partial charge in [0.05, 0.1) is 0 Å². The molecule has 0 aromatic heterocycles. The second-order valence-electron chi connectivity index (χ2n) is 6.11. The number of allylic oxidation sites excluding steroid dienone is 8. The summed E-state index contributed by atoms with van der Waals surface area (Å²) in [7, 11) is -1.34. The molecule has 2 aliphatic carbocycles. The van der Waals surface area contributed by atoms with Crippen LogP contribution in [0.5, 0.6) is 0 Å². The van der Waals surface area contributed by atoms with Gasteiger partial charge in [0, 0.05) is 12.8 Å². The van der Waals surface area contributed by atoms with Crippen molar-refractivity contribution in [2.45, 2.75) is 50.8 Å². The van der Waals surface area contributed by atoms with Crippen molar-refractivity contribution >= 4 is 7.80 Å². The Bertz CT molecular complexity index is 451. The molecule has 96 valence electrons. The van der Waals surface area contributed by atoms with Crippen LogP contribution in [0.1, 0.15) is 40.5 Å². The molecule has 0 spiro atoms. The molecule has 2 atom stereocenters. The topological polar surface area (TPSA) is 17.1 Å². The first-order valence-electron chi connectivity index (χ1n) is 6.53. The molecule has 2 rings (SSSR count). The smallest absolute Gasteiger partial charge is 0.0728 e. The van der Waals surface area contributed by atoms with E-state index >= 15 is 0 Å². The average molecular weight is 261 g/mol. The maximum atomic E-state index is 13.1. The Hall–Kier alpha value is -0.940. The minimum absolute atomic E-state index is 0.203. The lowest BCUT2D eigenvalue weighted by atomic mass is 9.95.